The molecule has 1 rings (SSSR count). The molecule has 0 radical (unpaired) electrons. The Morgan fingerprint density at radius 3 is 2.88 bits per heavy atom. The van der Waals surface area contributed by atoms with Crippen molar-refractivity contribution in [3.05, 3.63) is 18.0 Å². The van der Waals surface area contributed by atoms with Gasteiger partial charge in [0.2, 0.25) is 0 Å². The van der Waals surface area contributed by atoms with Gasteiger partial charge >= 0.3 is 0 Å². The zero-order chi connectivity index (χ0) is 11.6. The third kappa shape index (κ3) is 5.88. The average molecular weight is 225 g/mol. The van der Waals surface area contributed by atoms with Gasteiger partial charge in [-0.2, -0.15) is 5.10 Å². The smallest absolute Gasteiger partial charge is 0.0534 e. The molecular weight excluding hydrogens is 202 g/mol. The van der Waals surface area contributed by atoms with Crippen molar-refractivity contribution < 1.29 is 4.74 Å². The number of hydrogen-bond donors (Lipinski definition) is 1. The van der Waals surface area contributed by atoms with Gasteiger partial charge in [0, 0.05) is 38.6 Å². The van der Waals surface area contributed by atoms with Crippen molar-refractivity contribution in [3.8, 4) is 0 Å². The molecule has 0 amide bonds. The lowest BCUT2D eigenvalue weighted by Crippen LogP contribution is -2.16. The van der Waals surface area contributed by atoms with Crippen LogP contribution in [0.3, 0.4) is 0 Å². The SMILES string of the molecule is CCCCOCCCNCc1cnn(C)c1. The van der Waals surface area contributed by atoms with Gasteiger partial charge in [-0.05, 0) is 19.4 Å². The zero-order valence-electron chi connectivity index (χ0n) is 10.4. The average Bonchev–Trinajstić information content (AvgIpc) is 2.68. The normalized spacial score (nSPS) is 10.9. The number of nitrogens with one attached hydrogen (secondary N) is 1. The summed E-state index contributed by atoms with van der Waals surface area (Å²) in [6.07, 6.45) is 7.38. The first-order valence-corrected chi connectivity index (χ1v) is 6.09. The second-order valence-corrected chi connectivity index (χ2v) is 4.02. The zero-order valence-corrected chi connectivity index (χ0v) is 10.4. The molecule has 1 heterocycles. The molecule has 4 nitrogen and oxygen atoms in total. The van der Waals surface area contributed by atoms with Gasteiger partial charge in [-0.25, -0.2) is 0 Å². The molecule has 0 spiro atoms. The van der Waals surface area contributed by atoms with Crippen LogP contribution in [0.1, 0.15) is 31.7 Å². The minimum Gasteiger partial charge on any atom is -0.381 e. The minimum atomic E-state index is 0.861. The van der Waals surface area contributed by atoms with E-state index in [1.165, 1.54) is 18.4 Å². The van der Waals surface area contributed by atoms with Crippen LogP contribution in [0, 0.1) is 0 Å². The van der Waals surface area contributed by atoms with Crippen molar-refractivity contribution in [2.24, 2.45) is 7.05 Å². The summed E-state index contributed by atoms with van der Waals surface area (Å²) < 4.78 is 7.30. The summed E-state index contributed by atoms with van der Waals surface area (Å²) in [6, 6.07) is 0. The largest absolute Gasteiger partial charge is 0.381 e. The number of ether oxygens (including phenoxy) is 1. The monoisotopic (exact) mass is 225 g/mol. The first-order chi connectivity index (χ1) is 7.83. The molecule has 1 N–H and O–H groups in total. The van der Waals surface area contributed by atoms with Crippen LogP contribution in [0.2, 0.25) is 0 Å². The number of nitrogens with zero attached hydrogens (tertiary/aromatic N) is 2. The Hall–Kier alpha value is -0.870. The topological polar surface area (TPSA) is 39.1 Å². The summed E-state index contributed by atoms with van der Waals surface area (Å²) in [6.45, 7) is 5.84. The van der Waals surface area contributed by atoms with Crippen molar-refractivity contribution in [1.82, 2.24) is 15.1 Å². The van der Waals surface area contributed by atoms with Crippen molar-refractivity contribution in [2.75, 3.05) is 19.8 Å². The van der Waals surface area contributed by atoms with Crippen LogP contribution in [0.15, 0.2) is 12.4 Å². The molecule has 0 aliphatic carbocycles. The molecule has 0 aliphatic rings. The Balaban J connectivity index is 1.88. The highest BCUT2D eigenvalue weighted by molar-refractivity contribution is 5.02. The predicted molar refractivity (Wildman–Crippen MR) is 65.3 cm³/mol. The Bertz CT molecular complexity index is 273. The standard InChI is InChI=1S/C12H23N3O/c1-3-4-7-16-8-5-6-13-9-12-10-14-15(2)11-12/h10-11,13H,3-9H2,1-2H3. The van der Waals surface area contributed by atoms with Gasteiger partial charge in [0.1, 0.15) is 0 Å². The Kier molecular flexibility index (Phi) is 6.85. The maximum absolute atomic E-state index is 5.47. The molecule has 4 heteroatoms. The van der Waals surface area contributed by atoms with Crippen LogP contribution < -0.4 is 5.32 Å². The number of hydrogen-bond acceptors (Lipinski definition) is 3. The lowest BCUT2D eigenvalue weighted by atomic mass is 10.3. The molecule has 0 aliphatic heterocycles. The molecule has 0 aromatic carbocycles. The van der Waals surface area contributed by atoms with Crippen molar-refractivity contribution in [3.63, 3.8) is 0 Å². The summed E-state index contributed by atoms with van der Waals surface area (Å²) in [5, 5.41) is 7.49. The van der Waals surface area contributed by atoms with Crippen LogP contribution in [0.4, 0.5) is 0 Å². The maximum atomic E-state index is 5.47. The fourth-order valence-electron chi connectivity index (χ4n) is 1.44. The van der Waals surface area contributed by atoms with Crippen LogP contribution in [-0.4, -0.2) is 29.5 Å². The number of aromatic nitrogens is 2. The van der Waals surface area contributed by atoms with Crippen molar-refractivity contribution >= 4 is 0 Å². The molecule has 92 valence electrons. The molecule has 0 saturated heterocycles. The van der Waals surface area contributed by atoms with E-state index in [1.807, 2.05) is 24.1 Å². The minimum absolute atomic E-state index is 0.861. The molecule has 0 saturated carbocycles. The van der Waals surface area contributed by atoms with E-state index >= 15 is 0 Å². The highest BCUT2D eigenvalue weighted by Crippen LogP contribution is 1.95. The fourth-order valence-corrected chi connectivity index (χ4v) is 1.44. The maximum Gasteiger partial charge on any atom is 0.0534 e. The highest BCUT2D eigenvalue weighted by Gasteiger charge is 1.95. The second kappa shape index (κ2) is 8.30. The predicted octanol–water partition coefficient (Wildman–Crippen LogP) is 1.72. The summed E-state index contributed by atoms with van der Waals surface area (Å²) in [7, 11) is 1.94. The number of aryl methyl sites for hydroxylation is 1. The summed E-state index contributed by atoms with van der Waals surface area (Å²) >= 11 is 0. The van der Waals surface area contributed by atoms with E-state index in [0.29, 0.717) is 0 Å². The van der Waals surface area contributed by atoms with Gasteiger partial charge in [0.15, 0.2) is 0 Å². The van der Waals surface area contributed by atoms with Gasteiger partial charge in [0.05, 0.1) is 6.20 Å². The molecule has 0 atom stereocenters. The van der Waals surface area contributed by atoms with E-state index in [1.54, 1.807) is 0 Å². The summed E-state index contributed by atoms with van der Waals surface area (Å²) in [5.41, 5.74) is 1.23. The van der Waals surface area contributed by atoms with Crippen LogP contribution in [-0.2, 0) is 18.3 Å². The number of unbranched alkanes of at least 4 members (excludes halogenated alkanes) is 1. The van der Waals surface area contributed by atoms with Crippen LogP contribution >= 0.6 is 0 Å². The van der Waals surface area contributed by atoms with Crippen LogP contribution in [0.5, 0.6) is 0 Å². The quantitative estimate of drug-likeness (QED) is 0.650. The van der Waals surface area contributed by atoms with Gasteiger partial charge < -0.3 is 10.1 Å². The lowest BCUT2D eigenvalue weighted by molar-refractivity contribution is 0.129. The Labute approximate surface area is 98.0 Å². The van der Waals surface area contributed by atoms with Gasteiger partial charge in [0.25, 0.3) is 0 Å². The Morgan fingerprint density at radius 2 is 2.19 bits per heavy atom. The molecule has 0 unspecified atom stereocenters. The van der Waals surface area contributed by atoms with Gasteiger partial charge in [-0.15, -0.1) is 0 Å². The van der Waals surface area contributed by atoms with Gasteiger partial charge in [-0.3, -0.25) is 4.68 Å². The van der Waals surface area contributed by atoms with E-state index in [2.05, 4.69) is 17.3 Å². The van der Waals surface area contributed by atoms with Crippen LogP contribution in [0.25, 0.3) is 0 Å². The fraction of sp³-hybridized carbons (Fsp3) is 0.750. The number of rotatable bonds is 9. The Morgan fingerprint density at radius 1 is 1.38 bits per heavy atom. The first-order valence-electron chi connectivity index (χ1n) is 6.09. The van der Waals surface area contributed by atoms with E-state index in [-0.39, 0.29) is 0 Å². The molecule has 1 aromatic heterocycles. The molecule has 16 heavy (non-hydrogen) atoms. The second-order valence-electron chi connectivity index (χ2n) is 4.02. The van der Waals surface area contributed by atoms with Crippen molar-refractivity contribution in [2.45, 2.75) is 32.7 Å². The van der Waals surface area contributed by atoms with E-state index in [0.717, 1.165) is 32.7 Å². The summed E-state index contributed by atoms with van der Waals surface area (Å²) in [4.78, 5) is 0. The molecule has 0 fully saturated rings. The van der Waals surface area contributed by atoms with E-state index in [9.17, 15) is 0 Å². The summed E-state index contributed by atoms with van der Waals surface area (Å²) in [5.74, 6) is 0. The third-order valence-electron chi connectivity index (χ3n) is 2.37. The highest BCUT2D eigenvalue weighted by atomic mass is 16.5. The first kappa shape index (κ1) is 13.2. The van der Waals surface area contributed by atoms with E-state index in [4.69, 9.17) is 4.74 Å². The van der Waals surface area contributed by atoms with Crippen molar-refractivity contribution in [1.29, 1.82) is 0 Å². The third-order valence-corrected chi connectivity index (χ3v) is 2.37. The lowest BCUT2D eigenvalue weighted by Gasteiger charge is -2.04. The molecule has 1 aromatic rings. The van der Waals surface area contributed by atoms with Gasteiger partial charge in [-0.1, -0.05) is 13.3 Å². The molecule has 0 bridgehead atoms. The molecular formula is C12H23N3O. The van der Waals surface area contributed by atoms with E-state index < -0.39 is 0 Å².